The number of fused-ring (bicyclic) bond motifs is 1. The molecule has 4 aromatic carbocycles. The number of hydrazine groups is 1. The van der Waals surface area contributed by atoms with Crippen molar-refractivity contribution in [1.82, 2.24) is 16.2 Å². The Hall–Kier alpha value is -4.29. The largest absolute Gasteiger partial charge is 0.298 e. The normalized spacial score (nSPS) is 10.7. The third-order valence-corrected chi connectivity index (χ3v) is 5.22. The molecule has 0 aliphatic rings. The van der Waals surface area contributed by atoms with E-state index in [0.717, 1.165) is 27.5 Å². The van der Waals surface area contributed by atoms with Crippen molar-refractivity contribution in [3.8, 4) is 11.1 Å². The Bertz CT molecular complexity index is 1330. The molecule has 33 heavy (non-hydrogen) atoms. The van der Waals surface area contributed by atoms with Gasteiger partial charge in [-0.05, 0) is 57.9 Å². The maximum absolute atomic E-state index is 12.4. The molecule has 0 saturated carbocycles. The average molecular weight is 452 g/mol. The van der Waals surface area contributed by atoms with Crippen LogP contribution in [0.25, 0.3) is 28.0 Å². The van der Waals surface area contributed by atoms with Gasteiger partial charge in [-0.3, -0.25) is 25.8 Å². The number of thiocarbonyl (C=S) groups is 1. The van der Waals surface area contributed by atoms with Crippen LogP contribution >= 0.6 is 12.2 Å². The topological polar surface area (TPSA) is 70.2 Å². The van der Waals surface area contributed by atoms with E-state index in [2.05, 4.69) is 16.2 Å². The zero-order valence-corrected chi connectivity index (χ0v) is 18.4. The van der Waals surface area contributed by atoms with E-state index in [1.165, 1.54) is 6.08 Å². The second kappa shape index (κ2) is 10.3. The van der Waals surface area contributed by atoms with Gasteiger partial charge in [-0.1, -0.05) is 84.9 Å². The molecule has 0 spiro atoms. The smallest absolute Gasteiger partial charge is 0.269 e. The average Bonchev–Trinajstić information content (AvgIpc) is 2.86. The van der Waals surface area contributed by atoms with E-state index < -0.39 is 5.91 Å². The zero-order valence-electron chi connectivity index (χ0n) is 17.6. The summed E-state index contributed by atoms with van der Waals surface area (Å²) in [5, 5.41) is 4.66. The van der Waals surface area contributed by atoms with Crippen LogP contribution in [0.4, 0.5) is 0 Å². The molecule has 5 nitrogen and oxygen atoms in total. The maximum atomic E-state index is 12.4. The molecular weight excluding hydrogens is 430 g/mol. The van der Waals surface area contributed by atoms with Crippen molar-refractivity contribution in [2.75, 3.05) is 0 Å². The molecule has 3 N–H and O–H groups in total. The molecule has 0 aliphatic carbocycles. The highest BCUT2D eigenvalue weighted by molar-refractivity contribution is 7.80. The number of carbonyl (C=O) groups excluding carboxylic acids is 2. The number of hydrogen-bond acceptors (Lipinski definition) is 3. The molecule has 4 rings (SSSR count). The lowest BCUT2D eigenvalue weighted by molar-refractivity contribution is -0.115. The van der Waals surface area contributed by atoms with Crippen molar-refractivity contribution in [2.24, 2.45) is 0 Å². The number of amides is 2. The Morgan fingerprint density at radius 1 is 0.697 bits per heavy atom. The minimum atomic E-state index is -0.401. The van der Waals surface area contributed by atoms with Gasteiger partial charge in [0.2, 0.25) is 5.91 Å². The standard InChI is InChI=1S/C27H21N3O2S/c31-25(18-17-22-11-6-10-21-9-4-5-12-24(21)22)28-27(33)30-29-26(32)23-15-13-20(14-16-23)19-7-2-1-3-8-19/h1-18H,(H,29,32)(H2,28,30,31,33). The third-order valence-electron chi connectivity index (χ3n) is 5.02. The molecule has 0 bridgehead atoms. The molecule has 2 amide bonds. The highest BCUT2D eigenvalue weighted by atomic mass is 32.1. The summed E-state index contributed by atoms with van der Waals surface area (Å²) >= 11 is 5.10. The van der Waals surface area contributed by atoms with Crippen molar-refractivity contribution in [3.05, 3.63) is 114 Å². The van der Waals surface area contributed by atoms with E-state index in [1.54, 1.807) is 18.2 Å². The number of carbonyl (C=O) groups is 2. The molecule has 0 fully saturated rings. The van der Waals surface area contributed by atoms with Gasteiger partial charge in [0.15, 0.2) is 5.11 Å². The van der Waals surface area contributed by atoms with Crippen LogP contribution in [0.2, 0.25) is 0 Å². The molecule has 0 radical (unpaired) electrons. The second-order valence-electron chi connectivity index (χ2n) is 7.24. The summed E-state index contributed by atoms with van der Waals surface area (Å²) < 4.78 is 0. The SMILES string of the molecule is O=C(C=Cc1cccc2ccccc12)NC(=S)NNC(=O)c1ccc(-c2ccccc2)cc1. The second-order valence-corrected chi connectivity index (χ2v) is 7.65. The first kappa shape index (κ1) is 21.9. The van der Waals surface area contributed by atoms with Crippen molar-refractivity contribution < 1.29 is 9.59 Å². The fraction of sp³-hybridized carbons (Fsp3) is 0. The minimum absolute atomic E-state index is 0.00294. The molecule has 0 saturated heterocycles. The molecule has 6 heteroatoms. The van der Waals surface area contributed by atoms with Gasteiger partial charge < -0.3 is 0 Å². The van der Waals surface area contributed by atoms with E-state index in [9.17, 15) is 9.59 Å². The van der Waals surface area contributed by atoms with Crippen LogP contribution in [0.15, 0.2) is 103 Å². The number of nitrogens with one attached hydrogen (secondary N) is 3. The van der Waals surface area contributed by atoms with Crippen LogP contribution < -0.4 is 16.2 Å². The number of benzene rings is 4. The highest BCUT2D eigenvalue weighted by Crippen LogP contribution is 2.20. The molecule has 0 unspecified atom stereocenters. The Morgan fingerprint density at radius 2 is 1.36 bits per heavy atom. The minimum Gasteiger partial charge on any atom is -0.298 e. The Morgan fingerprint density at radius 3 is 2.15 bits per heavy atom. The summed E-state index contributed by atoms with van der Waals surface area (Å²) in [5.74, 6) is -0.764. The molecule has 0 aliphatic heterocycles. The molecule has 0 heterocycles. The zero-order chi connectivity index (χ0) is 23.0. The summed E-state index contributed by atoms with van der Waals surface area (Å²) in [5.41, 5.74) is 8.52. The molecule has 0 atom stereocenters. The summed E-state index contributed by atoms with van der Waals surface area (Å²) in [6.07, 6.45) is 3.13. The first-order valence-electron chi connectivity index (χ1n) is 10.3. The van der Waals surface area contributed by atoms with Crippen LogP contribution in [0.5, 0.6) is 0 Å². The summed E-state index contributed by atoms with van der Waals surface area (Å²) in [7, 11) is 0. The number of rotatable bonds is 4. The molecule has 0 aromatic heterocycles. The monoisotopic (exact) mass is 451 g/mol. The lowest BCUT2D eigenvalue weighted by atomic mass is 10.0. The summed E-state index contributed by atoms with van der Waals surface area (Å²) in [6, 6.07) is 31.0. The first-order valence-corrected chi connectivity index (χ1v) is 10.7. The quantitative estimate of drug-likeness (QED) is 0.236. The molecule has 162 valence electrons. The lowest BCUT2D eigenvalue weighted by Gasteiger charge is -2.10. The van der Waals surface area contributed by atoms with Gasteiger partial charge in [0.05, 0.1) is 0 Å². The van der Waals surface area contributed by atoms with Crippen LogP contribution in [0.3, 0.4) is 0 Å². The van der Waals surface area contributed by atoms with E-state index in [4.69, 9.17) is 12.2 Å². The van der Waals surface area contributed by atoms with Gasteiger partial charge in [-0.15, -0.1) is 0 Å². The van der Waals surface area contributed by atoms with Crippen LogP contribution in [-0.4, -0.2) is 16.9 Å². The fourth-order valence-corrected chi connectivity index (χ4v) is 3.53. The van der Waals surface area contributed by atoms with Crippen LogP contribution in [0.1, 0.15) is 15.9 Å². The highest BCUT2D eigenvalue weighted by Gasteiger charge is 2.07. The van der Waals surface area contributed by atoms with Crippen molar-refractivity contribution in [2.45, 2.75) is 0 Å². The lowest BCUT2D eigenvalue weighted by Crippen LogP contribution is -2.48. The van der Waals surface area contributed by atoms with E-state index >= 15 is 0 Å². The van der Waals surface area contributed by atoms with Crippen molar-refractivity contribution >= 4 is 46.0 Å². The third kappa shape index (κ3) is 5.70. The van der Waals surface area contributed by atoms with E-state index in [1.807, 2.05) is 84.9 Å². The summed E-state index contributed by atoms with van der Waals surface area (Å²) in [6.45, 7) is 0. The van der Waals surface area contributed by atoms with Crippen molar-refractivity contribution in [1.29, 1.82) is 0 Å². The molecular formula is C27H21N3O2S. The van der Waals surface area contributed by atoms with Gasteiger partial charge in [-0.25, -0.2) is 0 Å². The van der Waals surface area contributed by atoms with Gasteiger partial charge in [-0.2, -0.15) is 0 Å². The van der Waals surface area contributed by atoms with Gasteiger partial charge >= 0.3 is 0 Å². The van der Waals surface area contributed by atoms with Crippen LogP contribution in [0, 0.1) is 0 Å². The van der Waals surface area contributed by atoms with Crippen LogP contribution in [-0.2, 0) is 4.79 Å². The Kier molecular flexibility index (Phi) is 6.87. The predicted molar refractivity (Wildman–Crippen MR) is 136 cm³/mol. The van der Waals surface area contributed by atoms with E-state index in [-0.39, 0.29) is 11.0 Å². The van der Waals surface area contributed by atoms with Crippen molar-refractivity contribution in [3.63, 3.8) is 0 Å². The number of hydrogen-bond donors (Lipinski definition) is 3. The first-order chi connectivity index (χ1) is 16.1. The molecule has 4 aromatic rings. The van der Waals surface area contributed by atoms with Gasteiger partial charge in [0.1, 0.15) is 0 Å². The Labute approximate surface area is 197 Å². The van der Waals surface area contributed by atoms with Gasteiger partial charge in [0.25, 0.3) is 5.91 Å². The van der Waals surface area contributed by atoms with E-state index in [0.29, 0.717) is 5.56 Å². The predicted octanol–water partition coefficient (Wildman–Crippen LogP) is 4.86. The van der Waals surface area contributed by atoms with Gasteiger partial charge in [0, 0.05) is 11.6 Å². The maximum Gasteiger partial charge on any atom is 0.269 e. The Balaban J connectivity index is 1.29. The summed E-state index contributed by atoms with van der Waals surface area (Å²) in [4.78, 5) is 24.6. The fourth-order valence-electron chi connectivity index (χ4n) is 3.38.